The van der Waals surface area contributed by atoms with Crippen LogP contribution in [0.4, 0.5) is 0 Å². The summed E-state index contributed by atoms with van der Waals surface area (Å²) in [6, 6.07) is 22.3. The molecule has 1 aliphatic rings. The molecule has 0 N–H and O–H groups in total. The van der Waals surface area contributed by atoms with Crippen molar-refractivity contribution >= 4 is 26.8 Å². The smallest absolute Gasteiger partial charge is 0.261 e. The highest BCUT2D eigenvalue weighted by molar-refractivity contribution is 6.99. The van der Waals surface area contributed by atoms with Crippen LogP contribution in [0.25, 0.3) is 0 Å². The molecule has 5 nitrogen and oxygen atoms in total. The van der Waals surface area contributed by atoms with Crippen molar-refractivity contribution in [2.45, 2.75) is 76.1 Å². The van der Waals surface area contributed by atoms with Crippen LogP contribution in [0.3, 0.4) is 0 Å². The van der Waals surface area contributed by atoms with Gasteiger partial charge in [0.1, 0.15) is 25.1 Å². The van der Waals surface area contributed by atoms with E-state index in [1.54, 1.807) is 13.2 Å². The summed E-state index contributed by atoms with van der Waals surface area (Å²) in [5.74, 6) is 0. The predicted molar refractivity (Wildman–Crippen MR) is 152 cm³/mol. The number of hydrogen-bond donors (Lipinski definition) is 0. The molecular weight excluding hydrogens is 484 g/mol. The van der Waals surface area contributed by atoms with Gasteiger partial charge in [-0.2, -0.15) is 0 Å². The van der Waals surface area contributed by atoms with Crippen LogP contribution in [0.2, 0.25) is 30.7 Å². The van der Waals surface area contributed by atoms with Crippen molar-refractivity contribution in [3.05, 3.63) is 73.3 Å². The second kappa shape index (κ2) is 12.3. The van der Waals surface area contributed by atoms with Gasteiger partial charge >= 0.3 is 0 Å². The Morgan fingerprint density at radius 3 is 1.92 bits per heavy atom. The molecule has 7 heteroatoms. The summed E-state index contributed by atoms with van der Waals surface area (Å²) in [4.78, 5) is 0. The minimum absolute atomic E-state index is 0.169. The number of benzene rings is 2. The van der Waals surface area contributed by atoms with Crippen LogP contribution in [0, 0.1) is 0 Å². The van der Waals surface area contributed by atoms with E-state index in [4.69, 9.17) is 23.4 Å². The van der Waals surface area contributed by atoms with E-state index < -0.39 is 34.9 Å². The first-order chi connectivity index (χ1) is 17.0. The van der Waals surface area contributed by atoms with Gasteiger partial charge in [0.25, 0.3) is 8.32 Å². The number of hydrogen-bond acceptors (Lipinski definition) is 5. The molecule has 1 fully saturated rings. The van der Waals surface area contributed by atoms with E-state index in [0.29, 0.717) is 6.61 Å². The van der Waals surface area contributed by atoms with Gasteiger partial charge in [0.05, 0.1) is 0 Å². The van der Waals surface area contributed by atoms with Gasteiger partial charge < -0.3 is 23.4 Å². The highest BCUT2D eigenvalue weighted by Gasteiger charge is 2.56. The quantitative estimate of drug-likeness (QED) is 0.164. The largest absolute Gasteiger partial charge is 0.399 e. The summed E-state index contributed by atoms with van der Waals surface area (Å²) >= 11 is 0. The molecule has 4 atom stereocenters. The minimum Gasteiger partial charge on any atom is -0.399 e. The van der Waals surface area contributed by atoms with Crippen LogP contribution in [0.1, 0.15) is 20.8 Å². The fourth-order valence-electron chi connectivity index (χ4n) is 4.80. The van der Waals surface area contributed by atoms with E-state index in [2.05, 4.69) is 95.5 Å². The predicted octanol–water partition coefficient (Wildman–Crippen LogP) is 5.19. The number of ether oxygens (including phenoxy) is 4. The van der Waals surface area contributed by atoms with E-state index in [1.807, 2.05) is 12.1 Å². The van der Waals surface area contributed by atoms with E-state index in [9.17, 15) is 0 Å². The second-order valence-corrected chi connectivity index (χ2v) is 21.5. The third kappa shape index (κ3) is 6.64. The molecule has 0 aromatic heterocycles. The topological polar surface area (TPSA) is 46.2 Å². The molecule has 0 spiro atoms. The Balaban J connectivity index is 1.98. The first kappa shape index (κ1) is 29.0. The highest BCUT2D eigenvalue weighted by atomic mass is 28.4. The Morgan fingerprint density at radius 1 is 0.917 bits per heavy atom. The standard InChI is InChI=1S/C29H44O5Si2/c1-9-25-26(27(28(30-5)33-25)32-22-31-20-21-35(6,7)8)34-36(29(2,3)4,23-16-12-10-13-17-23)24-18-14-11-15-19-24/h9-19,25-28H,1,20-22H2,2-8H3/t25-,26-,27+,28?/m1/s1. The van der Waals surface area contributed by atoms with Gasteiger partial charge in [-0.3, -0.25) is 0 Å². The summed E-state index contributed by atoms with van der Waals surface area (Å²) in [5, 5.41) is 2.24. The summed E-state index contributed by atoms with van der Waals surface area (Å²) in [5.41, 5.74) is 0. The molecule has 0 aliphatic carbocycles. The molecule has 0 bridgehead atoms. The maximum atomic E-state index is 7.38. The van der Waals surface area contributed by atoms with E-state index in [0.717, 1.165) is 6.04 Å². The monoisotopic (exact) mass is 528 g/mol. The Labute approximate surface area is 219 Å². The highest BCUT2D eigenvalue weighted by Crippen LogP contribution is 2.40. The normalized spacial score (nSPS) is 23.1. The fraction of sp³-hybridized carbons (Fsp3) is 0.517. The first-order valence-corrected chi connectivity index (χ1v) is 18.4. The Hall–Kier alpha value is -1.59. The molecule has 0 radical (unpaired) electrons. The average Bonchev–Trinajstić information content (AvgIpc) is 3.18. The van der Waals surface area contributed by atoms with Gasteiger partial charge in [-0.15, -0.1) is 6.58 Å². The Morgan fingerprint density at radius 2 is 1.47 bits per heavy atom. The molecule has 1 saturated heterocycles. The zero-order valence-corrected chi connectivity index (χ0v) is 25.0. The zero-order chi connectivity index (χ0) is 26.4. The molecule has 1 heterocycles. The molecule has 2 aromatic carbocycles. The van der Waals surface area contributed by atoms with Crippen LogP contribution in [0.5, 0.6) is 0 Å². The number of rotatable bonds is 12. The summed E-state index contributed by atoms with van der Waals surface area (Å²) in [7, 11) is -2.38. The average molecular weight is 529 g/mol. The lowest BCUT2D eigenvalue weighted by Crippen LogP contribution is -2.69. The van der Waals surface area contributed by atoms with Crippen molar-refractivity contribution in [3.63, 3.8) is 0 Å². The first-order valence-electron chi connectivity index (χ1n) is 12.8. The van der Waals surface area contributed by atoms with Crippen LogP contribution in [-0.4, -0.2) is 61.5 Å². The van der Waals surface area contributed by atoms with Crippen LogP contribution in [-0.2, 0) is 23.4 Å². The van der Waals surface area contributed by atoms with Gasteiger partial charge in [0.15, 0.2) is 6.29 Å². The van der Waals surface area contributed by atoms with E-state index in [1.165, 1.54) is 10.4 Å². The van der Waals surface area contributed by atoms with Crippen molar-refractivity contribution in [3.8, 4) is 0 Å². The van der Waals surface area contributed by atoms with Crippen molar-refractivity contribution < 1.29 is 23.4 Å². The van der Waals surface area contributed by atoms with Gasteiger partial charge in [0, 0.05) is 21.8 Å². The molecule has 1 aliphatic heterocycles. The maximum absolute atomic E-state index is 7.38. The molecule has 0 saturated carbocycles. The van der Waals surface area contributed by atoms with E-state index in [-0.39, 0.29) is 17.9 Å². The van der Waals surface area contributed by atoms with Crippen molar-refractivity contribution in [1.29, 1.82) is 0 Å². The third-order valence-corrected chi connectivity index (χ3v) is 13.5. The molecule has 0 amide bonds. The summed E-state index contributed by atoms with van der Waals surface area (Å²) in [6.07, 6.45) is -0.00421. The molecule has 2 aromatic rings. The summed E-state index contributed by atoms with van der Waals surface area (Å²) < 4.78 is 31.5. The Kier molecular flexibility index (Phi) is 9.90. The van der Waals surface area contributed by atoms with E-state index >= 15 is 0 Å². The molecule has 3 rings (SSSR count). The lowest BCUT2D eigenvalue weighted by Gasteiger charge is -2.45. The molecule has 36 heavy (non-hydrogen) atoms. The summed E-state index contributed by atoms with van der Waals surface area (Å²) in [6.45, 7) is 18.7. The van der Waals surface area contributed by atoms with Gasteiger partial charge in [-0.25, -0.2) is 0 Å². The van der Waals surface area contributed by atoms with Crippen LogP contribution >= 0.6 is 0 Å². The SMILES string of the molecule is C=C[C@H]1OC(OC)[C@@H](OCOCC[Si](C)(C)C)[C@@H]1O[Si](c1ccccc1)(c1ccccc1)C(C)(C)C. The van der Waals surface area contributed by atoms with Gasteiger partial charge in [-0.05, 0) is 21.5 Å². The number of methoxy groups -OCH3 is 1. The minimum atomic E-state index is -2.83. The third-order valence-electron chi connectivity index (χ3n) is 6.74. The van der Waals surface area contributed by atoms with Gasteiger partial charge in [-0.1, -0.05) is 107 Å². The van der Waals surface area contributed by atoms with Crippen LogP contribution < -0.4 is 10.4 Å². The zero-order valence-electron chi connectivity index (χ0n) is 23.0. The van der Waals surface area contributed by atoms with Crippen molar-refractivity contribution in [2.75, 3.05) is 20.5 Å². The van der Waals surface area contributed by atoms with Crippen LogP contribution in [0.15, 0.2) is 73.3 Å². The lowest BCUT2D eigenvalue weighted by molar-refractivity contribution is -0.186. The molecule has 198 valence electrons. The van der Waals surface area contributed by atoms with Gasteiger partial charge in [0.2, 0.25) is 0 Å². The molecular formula is C29H44O5Si2. The molecule has 1 unspecified atom stereocenters. The van der Waals surface area contributed by atoms with Crippen molar-refractivity contribution in [2.24, 2.45) is 0 Å². The Bertz CT molecular complexity index is 900. The second-order valence-electron chi connectivity index (χ2n) is 11.7. The maximum Gasteiger partial charge on any atom is 0.261 e. The lowest BCUT2D eigenvalue weighted by atomic mass is 10.1. The fourth-order valence-corrected chi connectivity index (χ4v) is 10.2. The van der Waals surface area contributed by atoms with Crippen molar-refractivity contribution in [1.82, 2.24) is 0 Å².